The van der Waals surface area contributed by atoms with E-state index in [1.54, 1.807) is 61.5 Å². The van der Waals surface area contributed by atoms with Crippen LogP contribution in [0.4, 0.5) is 5.69 Å². The highest BCUT2D eigenvalue weighted by molar-refractivity contribution is 6.20. The van der Waals surface area contributed by atoms with Gasteiger partial charge in [0.25, 0.3) is 5.91 Å². The third-order valence-electron chi connectivity index (χ3n) is 6.07. The Hall–Kier alpha value is -4.66. The molecular weight excluding hydrogens is 454 g/mol. The summed E-state index contributed by atoms with van der Waals surface area (Å²) in [5, 5.41) is 11.6. The normalized spacial score (nSPS) is 17.0. The molecule has 9 nitrogen and oxygen atoms in total. The zero-order valence-electron chi connectivity index (χ0n) is 18.7. The smallest absolute Gasteiger partial charge is 0.294 e. The number of para-hydroxylation sites is 1. The van der Waals surface area contributed by atoms with Crippen LogP contribution in [0.2, 0.25) is 0 Å². The number of furan rings is 2. The van der Waals surface area contributed by atoms with Crippen molar-refractivity contribution in [3.8, 4) is 17.2 Å². The molecule has 4 heterocycles. The van der Waals surface area contributed by atoms with E-state index in [0.717, 1.165) is 0 Å². The summed E-state index contributed by atoms with van der Waals surface area (Å²) < 4.78 is 27.8. The number of amides is 1. The lowest BCUT2D eigenvalue weighted by molar-refractivity contribution is -0.117. The summed E-state index contributed by atoms with van der Waals surface area (Å²) in [6.45, 7) is 1.82. The molecule has 2 aromatic heterocycles. The molecule has 0 bridgehead atoms. The molecule has 2 aromatic carbocycles. The van der Waals surface area contributed by atoms with Gasteiger partial charge in [-0.05, 0) is 43.3 Å². The van der Waals surface area contributed by atoms with E-state index in [2.05, 4.69) is 0 Å². The predicted octanol–water partition coefficient (Wildman–Crippen LogP) is 4.85. The Bertz CT molecular complexity index is 1540. The van der Waals surface area contributed by atoms with Gasteiger partial charge < -0.3 is 28.2 Å². The number of ether oxygens (including phenoxy) is 3. The number of anilines is 1. The Morgan fingerprint density at radius 2 is 1.89 bits per heavy atom. The number of aliphatic hydroxyl groups is 1. The SMILES string of the molecule is COc1cccc2cc(C(=O)C3=C(O)C(=O)N(c4ccc5c(c4)OCO5)C3c3ccc(C)o3)oc12. The van der Waals surface area contributed by atoms with E-state index < -0.39 is 23.5 Å². The molecule has 2 aliphatic rings. The molecule has 9 heteroatoms. The molecule has 0 fully saturated rings. The molecule has 2 aliphatic heterocycles. The third kappa shape index (κ3) is 3.16. The van der Waals surface area contributed by atoms with Crippen molar-refractivity contribution < 1.29 is 37.7 Å². The molecule has 4 aromatic rings. The Kier molecular flexibility index (Phi) is 4.60. The Labute approximate surface area is 198 Å². The van der Waals surface area contributed by atoms with Crippen LogP contribution in [0, 0.1) is 6.92 Å². The van der Waals surface area contributed by atoms with Crippen LogP contribution in [0.5, 0.6) is 17.2 Å². The van der Waals surface area contributed by atoms with Gasteiger partial charge in [0.05, 0.1) is 12.7 Å². The Balaban J connectivity index is 1.48. The summed E-state index contributed by atoms with van der Waals surface area (Å²) in [5.41, 5.74) is 0.639. The number of carbonyl (C=O) groups excluding carboxylic acids is 2. The molecule has 1 amide bonds. The fourth-order valence-electron chi connectivity index (χ4n) is 4.45. The lowest BCUT2D eigenvalue weighted by atomic mass is 9.99. The minimum absolute atomic E-state index is 0.0420. The van der Waals surface area contributed by atoms with Crippen LogP contribution in [-0.4, -0.2) is 30.7 Å². The van der Waals surface area contributed by atoms with Crippen molar-refractivity contribution in [2.24, 2.45) is 0 Å². The van der Waals surface area contributed by atoms with Crippen molar-refractivity contribution in [1.29, 1.82) is 0 Å². The lowest BCUT2D eigenvalue weighted by Crippen LogP contribution is -2.30. The maximum atomic E-state index is 13.7. The zero-order chi connectivity index (χ0) is 24.3. The largest absolute Gasteiger partial charge is 0.503 e. The van der Waals surface area contributed by atoms with E-state index in [0.29, 0.717) is 45.4 Å². The van der Waals surface area contributed by atoms with Crippen molar-refractivity contribution in [2.45, 2.75) is 13.0 Å². The topological polar surface area (TPSA) is 112 Å². The van der Waals surface area contributed by atoms with Gasteiger partial charge in [-0.15, -0.1) is 0 Å². The van der Waals surface area contributed by atoms with Gasteiger partial charge in [0.1, 0.15) is 17.6 Å². The van der Waals surface area contributed by atoms with Crippen molar-refractivity contribution in [2.75, 3.05) is 18.8 Å². The van der Waals surface area contributed by atoms with Gasteiger partial charge in [0.2, 0.25) is 12.6 Å². The van der Waals surface area contributed by atoms with Crippen LogP contribution < -0.4 is 19.1 Å². The summed E-state index contributed by atoms with van der Waals surface area (Å²) in [7, 11) is 1.50. The standard InChI is InChI=1S/C26H19NO8/c1-13-6-8-17(34-13)22-21(23(28)20-10-14-4-3-5-18(31-2)25(14)35-20)24(29)26(30)27(22)15-7-9-16-19(11-15)33-12-32-16/h3-11,22,29H,12H2,1-2H3. The van der Waals surface area contributed by atoms with Crippen LogP contribution in [0.15, 0.2) is 74.8 Å². The molecule has 1 N–H and O–H groups in total. The summed E-state index contributed by atoms with van der Waals surface area (Å²) >= 11 is 0. The van der Waals surface area contributed by atoms with E-state index in [9.17, 15) is 14.7 Å². The highest BCUT2D eigenvalue weighted by Gasteiger charge is 2.47. The second kappa shape index (κ2) is 7.69. The molecule has 1 atom stereocenters. The molecule has 35 heavy (non-hydrogen) atoms. The van der Waals surface area contributed by atoms with E-state index in [4.69, 9.17) is 23.0 Å². The average molecular weight is 473 g/mol. The first-order chi connectivity index (χ1) is 17.0. The van der Waals surface area contributed by atoms with Crippen LogP contribution in [0.3, 0.4) is 0 Å². The molecule has 0 radical (unpaired) electrons. The fraction of sp³-hybridized carbons (Fsp3) is 0.154. The Morgan fingerprint density at radius 3 is 2.66 bits per heavy atom. The quantitative estimate of drug-likeness (QED) is 0.409. The number of aliphatic hydroxyl groups excluding tert-OH is 1. The number of rotatable bonds is 5. The fourth-order valence-corrected chi connectivity index (χ4v) is 4.45. The first-order valence-corrected chi connectivity index (χ1v) is 10.8. The minimum atomic E-state index is -1.03. The van der Waals surface area contributed by atoms with Gasteiger partial charge in [-0.25, -0.2) is 0 Å². The second-order valence-corrected chi connectivity index (χ2v) is 8.14. The number of methoxy groups -OCH3 is 1. The number of fused-ring (bicyclic) bond motifs is 2. The van der Waals surface area contributed by atoms with E-state index >= 15 is 0 Å². The summed E-state index contributed by atoms with van der Waals surface area (Å²) in [6, 6.07) is 14.1. The maximum Gasteiger partial charge on any atom is 0.294 e. The number of benzene rings is 2. The van der Waals surface area contributed by atoms with Crippen LogP contribution >= 0.6 is 0 Å². The highest BCUT2D eigenvalue weighted by Crippen LogP contribution is 2.45. The van der Waals surface area contributed by atoms with Crippen LogP contribution in [0.25, 0.3) is 11.0 Å². The van der Waals surface area contributed by atoms with E-state index in [1.165, 1.54) is 12.0 Å². The summed E-state index contributed by atoms with van der Waals surface area (Å²) in [4.78, 5) is 28.3. The molecule has 1 unspecified atom stereocenters. The van der Waals surface area contributed by atoms with Gasteiger partial charge >= 0.3 is 0 Å². The second-order valence-electron chi connectivity index (χ2n) is 8.14. The van der Waals surface area contributed by atoms with Gasteiger partial charge in [-0.1, -0.05) is 12.1 Å². The monoisotopic (exact) mass is 473 g/mol. The minimum Gasteiger partial charge on any atom is -0.503 e. The number of ketones is 1. The molecule has 0 aliphatic carbocycles. The van der Waals surface area contributed by atoms with E-state index in [-0.39, 0.29) is 18.1 Å². The molecule has 176 valence electrons. The van der Waals surface area contributed by atoms with Gasteiger partial charge in [-0.2, -0.15) is 0 Å². The van der Waals surface area contributed by atoms with Gasteiger partial charge in [0.15, 0.2) is 34.4 Å². The molecule has 6 rings (SSSR count). The van der Waals surface area contributed by atoms with Gasteiger partial charge in [0, 0.05) is 17.1 Å². The van der Waals surface area contributed by atoms with Crippen molar-refractivity contribution in [1.82, 2.24) is 0 Å². The van der Waals surface area contributed by atoms with Crippen LogP contribution in [0.1, 0.15) is 28.1 Å². The van der Waals surface area contributed by atoms with Gasteiger partial charge in [-0.3, -0.25) is 14.5 Å². The number of nitrogens with zero attached hydrogens (tertiary/aromatic N) is 1. The average Bonchev–Trinajstić information content (AvgIpc) is 3.64. The molecular formula is C26H19NO8. The third-order valence-corrected chi connectivity index (χ3v) is 6.07. The number of hydrogen-bond acceptors (Lipinski definition) is 8. The van der Waals surface area contributed by atoms with Crippen molar-refractivity contribution >= 4 is 28.3 Å². The first-order valence-electron chi connectivity index (χ1n) is 10.8. The first kappa shape index (κ1) is 20.9. The number of carbonyl (C=O) groups is 2. The number of aryl methyl sites for hydroxylation is 1. The highest BCUT2D eigenvalue weighted by atomic mass is 16.7. The van der Waals surface area contributed by atoms with Crippen molar-refractivity contribution in [3.05, 3.63) is 83.2 Å². The maximum absolute atomic E-state index is 13.7. The Morgan fingerprint density at radius 1 is 1.06 bits per heavy atom. The predicted molar refractivity (Wildman–Crippen MR) is 123 cm³/mol. The summed E-state index contributed by atoms with van der Waals surface area (Å²) in [6.07, 6.45) is 0. The van der Waals surface area contributed by atoms with Crippen molar-refractivity contribution in [3.63, 3.8) is 0 Å². The molecule has 0 spiro atoms. The number of Topliss-reactive ketones (excluding diaryl/α,β-unsaturated/α-hetero) is 1. The van der Waals surface area contributed by atoms with E-state index in [1.807, 2.05) is 0 Å². The summed E-state index contributed by atoms with van der Waals surface area (Å²) in [5.74, 6) is 0.237. The lowest BCUT2D eigenvalue weighted by Gasteiger charge is -2.25. The number of hydrogen-bond donors (Lipinski definition) is 1. The molecule has 0 saturated carbocycles. The molecule has 0 saturated heterocycles. The zero-order valence-corrected chi connectivity index (χ0v) is 18.7. The van der Waals surface area contributed by atoms with Crippen LogP contribution in [-0.2, 0) is 4.79 Å².